The van der Waals surface area contributed by atoms with Crippen LogP contribution in [0.4, 0.5) is 10.2 Å². The number of aromatic nitrogens is 2. The van der Waals surface area contributed by atoms with Gasteiger partial charge in [0, 0.05) is 17.5 Å². The minimum Gasteiger partial charge on any atom is -0.383 e. The van der Waals surface area contributed by atoms with E-state index in [0.717, 1.165) is 22.4 Å². The lowest BCUT2D eigenvalue weighted by atomic mass is 10.0. The Kier molecular flexibility index (Phi) is 3.28. The smallest absolute Gasteiger partial charge is 0.131 e. The first-order valence-electron chi connectivity index (χ1n) is 5.92. The van der Waals surface area contributed by atoms with Crippen molar-refractivity contribution in [1.29, 1.82) is 0 Å². The van der Waals surface area contributed by atoms with E-state index >= 15 is 0 Å². The minimum absolute atomic E-state index is 0.273. The molecule has 0 aliphatic carbocycles. The number of nitrogens with two attached hydrogens (primary N) is 1. The van der Waals surface area contributed by atoms with Gasteiger partial charge in [-0.1, -0.05) is 13.0 Å². The fourth-order valence-electron chi connectivity index (χ4n) is 1.85. The van der Waals surface area contributed by atoms with Gasteiger partial charge in [0.25, 0.3) is 0 Å². The maximum Gasteiger partial charge on any atom is 0.131 e. The molecule has 2 N–H and O–H groups in total. The molecule has 94 valence electrons. The zero-order valence-electron chi connectivity index (χ0n) is 10.8. The third kappa shape index (κ3) is 2.18. The predicted molar refractivity (Wildman–Crippen MR) is 70.7 cm³/mol. The summed E-state index contributed by atoms with van der Waals surface area (Å²) < 4.78 is 13.4. The van der Waals surface area contributed by atoms with Gasteiger partial charge in [-0.05, 0) is 31.5 Å². The molecule has 0 amide bonds. The van der Waals surface area contributed by atoms with Gasteiger partial charge in [-0.3, -0.25) is 0 Å². The molecule has 0 atom stereocenters. The Morgan fingerprint density at radius 1 is 1.22 bits per heavy atom. The van der Waals surface area contributed by atoms with E-state index in [1.54, 1.807) is 6.07 Å². The van der Waals surface area contributed by atoms with Gasteiger partial charge < -0.3 is 5.73 Å². The van der Waals surface area contributed by atoms with Crippen molar-refractivity contribution in [2.24, 2.45) is 0 Å². The van der Waals surface area contributed by atoms with Crippen molar-refractivity contribution >= 4 is 5.82 Å². The van der Waals surface area contributed by atoms with Crippen molar-refractivity contribution in [2.75, 3.05) is 5.73 Å². The maximum absolute atomic E-state index is 13.4. The van der Waals surface area contributed by atoms with Crippen LogP contribution >= 0.6 is 0 Å². The molecule has 18 heavy (non-hydrogen) atoms. The second-order valence-electron chi connectivity index (χ2n) is 4.31. The van der Waals surface area contributed by atoms with Gasteiger partial charge >= 0.3 is 0 Å². The molecule has 0 fully saturated rings. The number of nitrogen functional groups attached to an aromatic ring is 1. The highest BCUT2D eigenvalue weighted by Gasteiger charge is 2.12. The van der Waals surface area contributed by atoms with E-state index in [2.05, 4.69) is 9.97 Å². The van der Waals surface area contributed by atoms with E-state index in [1.165, 1.54) is 12.1 Å². The van der Waals surface area contributed by atoms with E-state index in [-0.39, 0.29) is 5.82 Å². The molecule has 3 nitrogen and oxygen atoms in total. The SMILES string of the molecule is CCc1nc(N)c(C)c(-c2cc(F)ccc2C)n1. The molecule has 0 radical (unpaired) electrons. The van der Waals surface area contributed by atoms with Crippen LogP contribution in [0.5, 0.6) is 0 Å². The van der Waals surface area contributed by atoms with Crippen molar-refractivity contribution in [3.63, 3.8) is 0 Å². The Morgan fingerprint density at radius 2 is 1.94 bits per heavy atom. The van der Waals surface area contributed by atoms with Crippen LogP contribution in [0.15, 0.2) is 18.2 Å². The first-order chi connectivity index (χ1) is 8.52. The summed E-state index contributed by atoms with van der Waals surface area (Å²) >= 11 is 0. The molecule has 2 aromatic rings. The molecule has 1 aromatic heterocycles. The van der Waals surface area contributed by atoms with Gasteiger partial charge in [0.1, 0.15) is 17.5 Å². The van der Waals surface area contributed by atoms with Crippen LogP contribution in [-0.2, 0) is 6.42 Å². The van der Waals surface area contributed by atoms with Gasteiger partial charge in [-0.25, -0.2) is 14.4 Å². The van der Waals surface area contributed by atoms with Crippen molar-refractivity contribution < 1.29 is 4.39 Å². The zero-order chi connectivity index (χ0) is 13.3. The summed E-state index contributed by atoms with van der Waals surface area (Å²) in [6.45, 7) is 5.75. The van der Waals surface area contributed by atoms with Crippen LogP contribution in [0.2, 0.25) is 0 Å². The van der Waals surface area contributed by atoms with Gasteiger partial charge in [0.15, 0.2) is 0 Å². The average molecular weight is 245 g/mol. The first-order valence-corrected chi connectivity index (χ1v) is 5.92. The standard InChI is InChI=1S/C14H16FN3/c1-4-12-17-13(9(3)14(16)18-12)11-7-10(15)6-5-8(11)2/h5-7H,4H2,1-3H3,(H2,16,17,18). The predicted octanol–water partition coefficient (Wildman–Crippen LogP) is 3.04. The number of hydrogen-bond acceptors (Lipinski definition) is 3. The summed E-state index contributed by atoms with van der Waals surface area (Å²) in [6.07, 6.45) is 0.700. The fraction of sp³-hybridized carbons (Fsp3) is 0.286. The van der Waals surface area contributed by atoms with Crippen molar-refractivity contribution in [3.05, 3.63) is 41.0 Å². The monoisotopic (exact) mass is 245 g/mol. The summed E-state index contributed by atoms with van der Waals surface area (Å²) in [4.78, 5) is 8.67. The molecule has 0 saturated carbocycles. The van der Waals surface area contributed by atoms with Crippen molar-refractivity contribution in [2.45, 2.75) is 27.2 Å². The van der Waals surface area contributed by atoms with Crippen LogP contribution in [0, 0.1) is 19.7 Å². The lowest BCUT2D eigenvalue weighted by Gasteiger charge is -2.11. The Hall–Kier alpha value is -1.97. The molecular formula is C14H16FN3. The molecule has 0 aliphatic heterocycles. The highest BCUT2D eigenvalue weighted by atomic mass is 19.1. The molecular weight excluding hydrogens is 229 g/mol. The van der Waals surface area contributed by atoms with Crippen LogP contribution in [0.3, 0.4) is 0 Å². The zero-order valence-corrected chi connectivity index (χ0v) is 10.8. The van der Waals surface area contributed by atoms with E-state index in [4.69, 9.17) is 5.73 Å². The molecule has 0 bridgehead atoms. The molecule has 0 aliphatic rings. The summed E-state index contributed by atoms with van der Waals surface area (Å²) in [5.74, 6) is 0.863. The van der Waals surface area contributed by atoms with Crippen LogP contribution in [0.25, 0.3) is 11.3 Å². The average Bonchev–Trinajstić information content (AvgIpc) is 2.35. The Bertz CT molecular complexity index is 594. The normalized spacial score (nSPS) is 10.7. The lowest BCUT2D eigenvalue weighted by molar-refractivity contribution is 0.628. The van der Waals surface area contributed by atoms with E-state index in [9.17, 15) is 4.39 Å². The molecule has 0 spiro atoms. The highest BCUT2D eigenvalue weighted by Crippen LogP contribution is 2.27. The maximum atomic E-state index is 13.4. The highest BCUT2D eigenvalue weighted by molar-refractivity contribution is 5.70. The number of hydrogen-bond donors (Lipinski definition) is 1. The number of nitrogens with zero attached hydrogens (tertiary/aromatic N) is 2. The molecule has 1 heterocycles. The topological polar surface area (TPSA) is 51.8 Å². The molecule has 0 unspecified atom stereocenters. The molecule has 4 heteroatoms. The summed E-state index contributed by atoms with van der Waals surface area (Å²) in [5, 5.41) is 0. The number of aryl methyl sites for hydroxylation is 2. The van der Waals surface area contributed by atoms with Gasteiger partial charge in [0.05, 0.1) is 5.69 Å². The number of benzene rings is 1. The number of rotatable bonds is 2. The van der Waals surface area contributed by atoms with E-state index in [0.29, 0.717) is 18.1 Å². The number of halogens is 1. The summed E-state index contributed by atoms with van der Waals surface area (Å²) in [5.41, 5.74) is 9.14. The quantitative estimate of drug-likeness (QED) is 0.884. The van der Waals surface area contributed by atoms with Crippen LogP contribution in [-0.4, -0.2) is 9.97 Å². The Balaban J connectivity index is 2.69. The third-order valence-electron chi connectivity index (χ3n) is 3.00. The molecule has 0 saturated heterocycles. The van der Waals surface area contributed by atoms with Crippen molar-refractivity contribution in [3.8, 4) is 11.3 Å². The summed E-state index contributed by atoms with van der Waals surface area (Å²) in [7, 11) is 0. The fourth-order valence-corrected chi connectivity index (χ4v) is 1.85. The molecule has 1 aromatic carbocycles. The van der Waals surface area contributed by atoms with Gasteiger partial charge in [0.2, 0.25) is 0 Å². The Morgan fingerprint density at radius 3 is 2.61 bits per heavy atom. The Labute approximate surface area is 106 Å². The third-order valence-corrected chi connectivity index (χ3v) is 3.00. The lowest BCUT2D eigenvalue weighted by Crippen LogP contribution is -2.05. The van der Waals surface area contributed by atoms with Gasteiger partial charge in [-0.15, -0.1) is 0 Å². The second kappa shape index (κ2) is 4.72. The van der Waals surface area contributed by atoms with Gasteiger partial charge in [-0.2, -0.15) is 0 Å². The minimum atomic E-state index is -0.273. The van der Waals surface area contributed by atoms with E-state index in [1.807, 2.05) is 20.8 Å². The summed E-state index contributed by atoms with van der Waals surface area (Å²) in [6, 6.07) is 4.68. The van der Waals surface area contributed by atoms with Crippen LogP contribution < -0.4 is 5.73 Å². The first kappa shape index (κ1) is 12.5. The largest absolute Gasteiger partial charge is 0.383 e. The number of anilines is 1. The van der Waals surface area contributed by atoms with E-state index < -0.39 is 0 Å². The second-order valence-corrected chi connectivity index (χ2v) is 4.31. The molecule has 2 rings (SSSR count). The van der Waals surface area contributed by atoms with Crippen LogP contribution in [0.1, 0.15) is 23.9 Å². The van der Waals surface area contributed by atoms with Crippen molar-refractivity contribution in [1.82, 2.24) is 9.97 Å².